The molecule has 1 aliphatic carbocycles. The first-order valence-electron chi connectivity index (χ1n) is 13.1. The van der Waals surface area contributed by atoms with Gasteiger partial charge in [0.25, 0.3) is 11.5 Å². The predicted octanol–water partition coefficient (Wildman–Crippen LogP) is -4.73. The van der Waals surface area contributed by atoms with E-state index in [0.29, 0.717) is 9.37 Å². The minimum Gasteiger partial charge on any atom is -0.456 e. The summed E-state index contributed by atoms with van der Waals surface area (Å²) in [6, 6.07) is 4.11. The predicted molar refractivity (Wildman–Crippen MR) is 147 cm³/mol. The summed E-state index contributed by atoms with van der Waals surface area (Å²) in [5.41, 5.74) is -11.7. The molecule has 0 bridgehead atoms. The number of piperidine rings is 1. The van der Waals surface area contributed by atoms with Gasteiger partial charge in [-0.25, -0.2) is 4.79 Å². The number of halogens is 1. The molecule has 44 heavy (non-hydrogen) atoms. The normalized spacial score (nSPS) is 39.2. The fraction of sp³-hybridized carbons (Fsp3) is 0.480. The average molecular weight is 684 g/mol. The number of anilines is 3. The third-order valence-electron chi connectivity index (χ3n) is 8.91. The number of aromatic amines is 2. The SMILES string of the molecule is C[C@@]1(O)C(=O)N2c3c([nH]c(=O)[nH]c3=O)NC[C@@]2(O)[C@H](C(=O)OC2[C@@H](O)[C@@H](O)C(O)[C@H](O)[C@H]2O)[C@@]12C(=O)Nc1cc(Br)ccc12. The molecule has 1 spiro atoms. The van der Waals surface area contributed by atoms with Gasteiger partial charge in [-0.05, 0) is 24.6 Å². The molecule has 3 aliphatic heterocycles. The molecule has 2 unspecified atom stereocenters. The fourth-order valence-electron chi connectivity index (χ4n) is 6.82. The van der Waals surface area contributed by atoms with E-state index >= 15 is 0 Å². The van der Waals surface area contributed by atoms with Crippen molar-refractivity contribution >= 4 is 50.9 Å². The molecule has 4 heterocycles. The number of aliphatic hydroxyl groups is 7. The Morgan fingerprint density at radius 1 is 0.977 bits per heavy atom. The number of nitrogens with one attached hydrogen (secondary N) is 4. The molecule has 2 fully saturated rings. The minimum absolute atomic E-state index is 0.0188. The van der Waals surface area contributed by atoms with Gasteiger partial charge in [0, 0.05) is 10.2 Å². The van der Waals surface area contributed by atoms with Crippen LogP contribution in [0.5, 0.6) is 0 Å². The maximum absolute atomic E-state index is 14.3. The van der Waals surface area contributed by atoms with E-state index in [4.69, 9.17) is 4.74 Å². The number of hydrogen-bond donors (Lipinski definition) is 11. The Bertz CT molecular complexity index is 1710. The van der Waals surface area contributed by atoms with Crippen molar-refractivity contribution in [1.82, 2.24) is 9.97 Å². The number of benzene rings is 1. The smallest absolute Gasteiger partial charge is 0.327 e. The first-order chi connectivity index (χ1) is 20.5. The zero-order chi connectivity index (χ0) is 32.3. The number of rotatable bonds is 2. The Labute approximate surface area is 253 Å². The molecule has 10 atom stereocenters. The van der Waals surface area contributed by atoms with Gasteiger partial charge in [0.15, 0.2) is 23.1 Å². The van der Waals surface area contributed by atoms with Crippen LogP contribution in [0.2, 0.25) is 0 Å². The lowest BCUT2D eigenvalue weighted by molar-refractivity contribution is -0.242. The molecule has 6 rings (SSSR count). The van der Waals surface area contributed by atoms with Crippen LogP contribution in [-0.4, -0.2) is 118 Å². The number of β-amino-alcohol motifs (C(OH)–C–C–N with tert-alkyl or cyclic N) is 1. The summed E-state index contributed by atoms with van der Waals surface area (Å²) in [6.45, 7) is 0.0310. The molecule has 18 nitrogen and oxygen atoms in total. The van der Waals surface area contributed by atoms with Gasteiger partial charge in [0.05, 0.1) is 6.54 Å². The van der Waals surface area contributed by atoms with Gasteiger partial charge < -0.3 is 51.1 Å². The highest BCUT2D eigenvalue weighted by Crippen LogP contribution is 2.59. The van der Waals surface area contributed by atoms with E-state index in [1.165, 1.54) is 18.2 Å². The second-order valence-corrected chi connectivity index (χ2v) is 12.2. The first-order valence-corrected chi connectivity index (χ1v) is 13.9. The number of hydrogen-bond acceptors (Lipinski definition) is 14. The quantitative estimate of drug-likeness (QED) is 0.133. The summed E-state index contributed by atoms with van der Waals surface area (Å²) < 4.78 is 5.80. The summed E-state index contributed by atoms with van der Waals surface area (Å²) in [4.78, 5) is 71.9. The van der Waals surface area contributed by atoms with Crippen LogP contribution in [0.4, 0.5) is 17.2 Å². The van der Waals surface area contributed by atoms with Crippen molar-refractivity contribution in [1.29, 1.82) is 0 Å². The highest BCUT2D eigenvalue weighted by molar-refractivity contribution is 9.10. The highest BCUT2D eigenvalue weighted by Gasteiger charge is 2.79. The van der Waals surface area contributed by atoms with E-state index in [2.05, 4.69) is 31.5 Å². The van der Waals surface area contributed by atoms with Gasteiger partial charge in [-0.1, -0.05) is 22.0 Å². The number of carbonyl (C=O) groups excluding carboxylic acids is 3. The highest BCUT2D eigenvalue weighted by atomic mass is 79.9. The van der Waals surface area contributed by atoms with Crippen molar-refractivity contribution in [3.63, 3.8) is 0 Å². The Kier molecular flexibility index (Phi) is 6.66. The number of carbonyl (C=O) groups is 3. The molecule has 1 aromatic carbocycles. The minimum atomic E-state index is -2.96. The van der Waals surface area contributed by atoms with Crippen molar-refractivity contribution in [3.05, 3.63) is 49.1 Å². The van der Waals surface area contributed by atoms with Gasteiger partial charge in [-0.3, -0.25) is 34.0 Å². The lowest BCUT2D eigenvalue weighted by Crippen LogP contribution is -2.83. The second kappa shape index (κ2) is 9.65. The standard InChI is InChI=1S/C25H26BrN5O13/c1-23(42)21(40)31-9-17(29-22(41)30-18(9)37)27-5-24(31,43)16(25(23)7-3-2-6(26)4-8(7)28-20(25)39)19(38)44-15-13(35)11(33)10(32)12(34)14(15)36/h2-4,10-16,32-36,42-43H,5H2,1H3,(H,28,39)(H3,27,29,30,37,41)/t10?,11-,12-,13-,14+,15?,16-,23+,24+,25-/m0/s1. The number of nitrogens with zero attached hydrogens (tertiary/aromatic N) is 1. The molecule has 2 amide bonds. The van der Waals surface area contributed by atoms with Crippen molar-refractivity contribution < 1.29 is 54.9 Å². The van der Waals surface area contributed by atoms with Gasteiger partial charge in [-0.2, -0.15) is 0 Å². The molecule has 1 saturated carbocycles. The topological polar surface area (TPSA) is 295 Å². The van der Waals surface area contributed by atoms with Crippen LogP contribution in [0.25, 0.3) is 0 Å². The molecule has 0 radical (unpaired) electrons. The van der Waals surface area contributed by atoms with E-state index in [1.807, 2.05) is 4.98 Å². The first kappa shape index (κ1) is 30.3. The van der Waals surface area contributed by atoms with Crippen molar-refractivity contribution in [2.75, 3.05) is 22.1 Å². The fourth-order valence-corrected chi connectivity index (χ4v) is 7.18. The van der Waals surface area contributed by atoms with E-state index in [1.54, 1.807) is 0 Å². The van der Waals surface area contributed by atoms with Crippen LogP contribution < -0.4 is 26.8 Å². The van der Waals surface area contributed by atoms with Crippen LogP contribution in [0.15, 0.2) is 32.3 Å². The van der Waals surface area contributed by atoms with E-state index in [0.717, 1.165) is 6.92 Å². The van der Waals surface area contributed by atoms with Crippen molar-refractivity contribution in [3.8, 4) is 0 Å². The Balaban J connectivity index is 1.60. The van der Waals surface area contributed by atoms with Crippen LogP contribution in [0.3, 0.4) is 0 Å². The zero-order valence-corrected chi connectivity index (χ0v) is 24.0. The molecule has 4 aliphatic rings. The number of aromatic nitrogens is 2. The Hall–Kier alpha value is -3.69. The van der Waals surface area contributed by atoms with Gasteiger partial charge in [-0.15, -0.1) is 0 Å². The molecular formula is C25H26BrN5O13. The second-order valence-electron chi connectivity index (χ2n) is 11.3. The largest absolute Gasteiger partial charge is 0.456 e. The number of amides is 2. The molecule has 19 heteroatoms. The third-order valence-corrected chi connectivity index (χ3v) is 9.40. The van der Waals surface area contributed by atoms with Crippen molar-refractivity contribution in [2.45, 2.75) is 60.3 Å². The van der Waals surface area contributed by atoms with E-state index in [-0.39, 0.29) is 17.1 Å². The summed E-state index contributed by atoms with van der Waals surface area (Å²) >= 11 is 3.24. The molecule has 2 aromatic rings. The van der Waals surface area contributed by atoms with Crippen LogP contribution in [0, 0.1) is 5.92 Å². The van der Waals surface area contributed by atoms with Crippen LogP contribution in [0.1, 0.15) is 12.5 Å². The molecule has 11 N–H and O–H groups in total. The summed E-state index contributed by atoms with van der Waals surface area (Å²) in [5, 5.41) is 80.9. The number of aliphatic hydroxyl groups excluding tert-OH is 5. The van der Waals surface area contributed by atoms with Crippen LogP contribution >= 0.6 is 15.9 Å². The molecular weight excluding hydrogens is 658 g/mol. The summed E-state index contributed by atoms with van der Waals surface area (Å²) in [6.07, 6.45) is -12.8. The number of H-pyrrole nitrogens is 2. The lowest BCUT2D eigenvalue weighted by atomic mass is 9.54. The lowest BCUT2D eigenvalue weighted by Gasteiger charge is -2.59. The maximum Gasteiger partial charge on any atom is 0.327 e. The van der Waals surface area contributed by atoms with E-state index < -0.39 is 101 Å². The number of esters is 1. The van der Waals surface area contributed by atoms with Gasteiger partial charge in [0.1, 0.15) is 47.7 Å². The zero-order valence-electron chi connectivity index (χ0n) is 22.4. The Morgan fingerprint density at radius 3 is 2.23 bits per heavy atom. The molecule has 1 saturated heterocycles. The van der Waals surface area contributed by atoms with Crippen LogP contribution in [-0.2, 0) is 24.5 Å². The number of fused-ring (bicyclic) bond motifs is 5. The summed E-state index contributed by atoms with van der Waals surface area (Å²) in [7, 11) is 0. The van der Waals surface area contributed by atoms with Crippen molar-refractivity contribution in [2.24, 2.45) is 5.92 Å². The average Bonchev–Trinajstić information content (AvgIpc) is 3.23. The number of ether oxygens (including phenoxy) is 1. The molecule has 236 valence electrons. The monoisotopic (exact) mass is 683 g/mol. The molecule has 1 aromatic heterocycles. The maximum atomic E-state index is 14.3. The van der Waals surface area contributed by atoms with Gasteiger partial charge >= 0.3 is 11.7 Å². The third kappa shape index (κ3) is 3.68. The van der Waals surface area contributed by atoms with Gasteiger partial charge in [0.2, 0.25) is 5.91 Å². The summed E-state index contributed by atoms with van der Waals surface area (Å²) in [5.74, 6) is -6.96. The Morgan fingerprint density at radius 2 is 1.59 bits per heavy atom. The van der Waals surface area contributed by atoms with E-state index in [9.17, 15) is 59.7 Å².